The van der Waals surface area contributed by atoms with Crippen LogP contribution in [-0.2, 0) is 0 Å². The Kier molecular flexibility index (Phi) is 6.39. The van der Waals surface area contributed by atoms with E-state index in [4.69, 9.17) is 15.9 Å². The molecule has 5 nitrogen and oxygen atoms in total. The van der Waals surface area contributed by atoms with Crippen LogP contribution in [0, 0.1) is 0 Å². The van der Waals surface area contributed by atoms with Gasteiger partial charge in [-0.25, -0.2) is 0 Å². The quantitative estimate of drug-likeness (QED) is 0.368. The predicted molar refractivity (Wildman–Crippen MR) is 70.1 cm³/mol. The second-order valence-corrected chi connectivity index (χ2v) is 3.78. The molecule has 0 fully saturated rings. The van der Waals surface area contributed by atoms with Crippen LogP contribution in [0.15, 0.2) is 24.3 Å². The van der Waals surface area contributed by atoms with E-state index in [0.29, 0.717) is 13.1 Å². The van der Waals surface area contributed by atoms with E-state index in [0.717, 1.165) is 24.5 Å². The van der Waals surface area contributed by atoms with Crippen molar-refractivity contribution in [2.24, 2.45) is 0 Å². The molecule has 0 aromatic heterocycles. The standard InChI is InChI=1S/C12H21N3O2/c13-11-1-3-12(4-2-11)15(8-10-17)7-5-14-6-9-16/h1-4,14,16-17H,5-10,13H2. The van der Waals surface area contributed by atoms with Crippen LogP contribution >= 0.6 is 0 Å². The molecule has 0 spiro atoms. The number of aliphatic hydroxyl groups is 2. The predicted octanol–water partition coefficient (Wildman–Crippen LogP) is -0.351. The highest BCUT2D eigenvalue weighted by atomic mass is 16.3. The number of hydrogen-bond acceptors (Lipinski definition) is 5. The monoisotopic (exact) mass is 239 g/mol. The van der Waals surface area contributed by atoms with Crippen molar-refractivity contribution in [1.82, 2.24) is 5.32 Å². The molecule has 0 unspecified atom stereocenters. The fraction of sp³-hybridized carbons (Fsp3) is 0.500. The lowest BCUT2D eigenvalue weighted by molar-refractivity contribution is 0.290. The number of nitrogens with zero attached hydrogens (tertiary/aromatic N) is 1. The third-order valence-corrected chi connectivity index (χ3v) is 2.48. The molecule has 1 aromatic carbocycles. The van der Waals surface area contributed by atoms with Gasteiger partial charge in [0, 0.05) is 37.6 Å². The molecule has 0 saturated heterocycles. The van der Waals surface area contributed by atoms with Gasteiger partial charge in [0.15, 0.2) is 0 Å². The maximum absolute atomic E-state index is 9.03. The maximum atomic E-state index is 9.03. The van der Waals surface area contributed by atoms with Crippen LogP contribution in [0.2, 0.25) is 0 Å². The van der Waals surface area contributed by atoms with Gasteiger partial charge in [0.1, 0.15) is 0 Å². The molecule has 0 radical (unpaired) electrons. The van der Waals surface area contributed by atoms with Crippen LogP contribution in [0.4, 0.5) is 11.4 Å². The first-order valence-corrected chi connectivity index (χ1v) is 5.81. The highest BCUT2D eigenvalue weighted by Crippen LogP contribution is 2.15. The highest BCUT2D eigenvalue weighted by molar-refractivity contribution is 5.53. The molecule has 0 aliphatic rings. The lowest BCUT2D eigenvalue weighted by Gasteiger charge is -2.24. The number of nitrogen functional groups attached to an aromatic ring is 1. The Hall–Kier alpha value is -1.30. The van der Waals surface area contributed by atoms with Gasteiger partial charge in [0.2, 0.25) is 0 Å². The molecule has 0 bridgehead atoms. The van der Waals surface area contributed by atoms with Crippen molar-refractivity contribution in [2.75, 3.05) is 50.0 Å². The number of rotatable bonds is 8. The van der Waals surface area contributed by atoms with Crippen LogP contribution in [0.1, 0.15) is 0 Å². The van der Waals surface area contributed by atoms with Gasteiger partial charge in [-0.2, -0.15) is 0 Å². The van der Waals surface area contributed by atoms with Gasteiger partial charge in [-0.1, -0.05) is 0 Å². The van der Waals surface area contributed by atoms with Crippen molar-refractivity contribution in [1.29, 1.82) is 0 Å². The summed E-state index contributed by atoms with van der Waals surface area (Å²) in [5.41, 5.74) is 7.41. The molecular weight excluding hydrogens is 218 g/mol. The Morgan fingerprint density at radius 3 is 2.29 bits per heavy atom. The summed E-state index contributed by atoms with van der Waals surface area (Å²) in [5.74, 6) is 0. The first-order chi connectivity index (χ1) is 8.27. The molecular formula is C12H21N3O2. The molecule has 1 aromatic rings. The summed E-state index contributed by atoms with van der Waals surface area (Å²) in [5, 5.41) is 20.8. The first kappa shape index (κ1) is 13.8. The van der Waals surface area contributed by atoms with E-state index in [1.165, 1.54) is 0 Å². The number of nitrogens with one attached hydrogen (secondary N) is 1. The SMILES string of the molecule is Nc1ccc(N(CCO)CCNCCO)cc1. The third kappa shape index (κ3) is 5.04. The van der Waals surface area contributed by atoms with Gasteiger partial charge in [0.25, 0.3) is 0 Å². The smallest absolute Gasteiger partial charge is 0.0606 e. The second kappa shape index (κ2) is 7.89. The van der Waals surface area contributed by atoms with E-state index in [1.54, 1.807) is 0 Å². The Morgan fingerprint density at radius 1 is 1.00 bits per heavy atom. The summed E-state index contributed by atoms with van der Waals surface area (Å²) in [6.07, 6.45) is 0. The lowest BCUT2D eigenvalue weighted by Crippen LogP contribution is -2.35. The zero-order valence-electron chi connectivity index (χ0n) is 9.97. The molecule has 0 amide bonds. The minimum Gasteiger partial charge on any atom is -0.399 e. The largest absolute Gasteiger partial charge is 0.399 e. The topological polar surface area (TPSA) is 81.8 Å². The van der Waals surface area contributed by atoms with Crippen molar-refractivity contribution in [3.8, 4) is 0 Å². The highest BCUT2D eigenvalue weighted by Gasteiger charge is 2.04. The summed E-state index contributed by atoms with van der Waals surface area (Å²) in [6.45, 7) is 2.99. The summed E-state index contributed by atoms with van der Waals surface area (Å²) in [6, 6.07) is 7.58. The molecule has 5 heteroatoms. The van der Waals surface area contributed by atoms with Crippen molar-refractivity contribution in [3.63, 3.8) is 0 Å². The normalized spacial score (nSPS) is 10.5. The second-order valence-electron chi connectivity index (χ2n) is 3.78. The number of anilines is 2. The van der Waals surface area contributed by atoms with E-state index in [9.17, 15) is 0 Å². The van der Waals surface area contributed by atoms with Crippen LogP contribution in [-0.4, -0.2) is 49.6 Å². The number of aliphatic hydroxyl groups excluding tert-OH is 2. The van der Waals surface area contributed by atoms with Gasteiger partial charge in [-0.15, -0.1) is 0 Å². The van der Waals surface area contributed by atoms with E-state index in [2.05, 4.69) is 10.2 Å². The van der Waals surface area contributed by atoms with Crippen LogP contribution in [0.5, 0.6) is 0 Å². The first-order valence-electron chi connectivity index (χ1n) is 5.81. The molecule has 0 atom stereocenters. The van der Waals surface area contributed by atoms with Gasteiger partial charge < -0.3 is 26.2 Å². The average molecular weight is 239 g/mol. The Morgan fingerprint density at radius 2 is 1.71 bits per heavy atom. The Bertz CT molecular complexity index is 303. The zero-order valence-corrected chi connectivity index (χ0v) is 9.97. The van der Waals surface area contributed by atoms with Gasteiger partial charge >= 0.3 is 0 Å². The van der Waals surface area contributed by atoms with Gasteiger partial charge in [-0.05, 0) is 24.3 Å². The molecule has 0 aliphatic carbocycles. The molecule has 1 rings (SSSR count). The molecule has 17 heavy (non-hydrogen) atoms. The van der Waals surface area contributed by atoms with Crippen LogP contribution in [0.25, 0.3) is 0 Å². The fourth-order valence-electron chi connectivity index (χ4n) is 1.59. The van der Waals surface area contributed by atoms with Crippen molar-refractivity contribution >= 4 is 11.4 Å². The summed E-state index contributed by atoms with van der Waals surface area (Å²) in [7, 11) is 0. The summed E-state index contributed by atoms with van der Waals surface area (Å²) < 4.78 is 0. The minimum absolute atomic E-state index is 0.115. The maximum Gasteiger partial charge on any atom is 0.0606 e. The summed E-state index contributed by atoms with van der Waals surface area (Å²) in [4.78, 5) is 2.07. The molecule has 0 heterocycles. The van der Waals surface area contributed by atoms with Crippen LogP contribution in [0.3, 0.4) is 0 Å². The number of benzene rings is 1. The number of hydrogen-bond donors (Lipinski definition) is 4. The molecule has 0 aliphatic heterocycles. The van der Waals surface area contributed by atoms with E-state index < -0.39 is 0 Å². The molecule has 96 valence electrons. The van der Waals surface area contributed by atoms with E-state index in [1.807, 2.05) is 24.3 Å². The van der Waals surface area contributed by atoms with Gasteiger partial charge in [0.05, 0.1) is 13.2 Å². The average Bonchev–Trinajstić information content (AvgIpc) is 2.34. The van der Waals surface area contributed by atoms with Crippen molar-refractivity contribution in [3.05, 3.63) is 24.3 Å². The molecule has 5 N–H and O–H groups in total. The van der Waals surface area contributed by atoms with E-state index in [-0.39, 0.29) is 13.2 Å². The lowest BCUT2D eigenvalue weighted by atomic mass is 10.2. The number of nitrogens with two attached hydrogens (primary N) is 1. The fourth-order valence-corrected chi connectivity index (χ4v) is 1.59. The minimum atomic E-state index is 0.115. The Balaban J connectivity index is 2.49. The Labute approximate surface area is 102 Å². The van der Waals surface area contributed by atoms with Gasteiger partial charge in [-0.3, -0.25) is 0 Å². The zero-order chi connectivity index (χ0) is 12.5. The summed E-state index contributed by atoms with van der Waals surface area (Å²) >= 11 is 0. The third-order valence-electron chi connectivity index (χ3n) is 2.48. The van der Waals surface area contributed by atoms with E-state index >= 15 is 0 Å². The van der Waals surface area contributed by atoms with Crippen molar-refractivity contribution < 1.29 is 10.2 Å². The van der Waals surface area contributed by atoms with Crippen molar-refractivity contribution in [2.45, 2.75) is 0 Å². The molecule has 0 saturated carbocycles. The van der Waals surface area contributed by atoms with Crippen LogP contribution < -0.4 is 16.0 Å².